The zero-order valence-electron chi connectivity index (χ0n) is 9.64. The lowest BCUT2D eigenvalue weighted by Gasteiger charge is -2.12. The van der Waals surface area contributed by atoms with Crippen LogP contribution in [-0.2, 0) is 6.42 Å². The van der Waals surface area contributed by atoms with E-state index in [-0.39, 0.29) is 5.38 Å². The Hall–Kier alpha value is 0.0900. The van der Waals surface area contributed by atoms with Gasteiger partial charge in [-0.15, -0.1) is 11.6 Å². The van der Waals surface area contributed by atoms with Crippen LogP contribution in [0.5, 0.6) is 0 Å². The summed E-state index contributed by atoms with van der Waals surface area (Å²) in [6.45, 7) is 4.37. The van der Waals surface area contributed by atoms with E-state index in [0.29, 0.717) is 10.9 Å². The fraction of sp³-hybridized carbons (Fsp3) is 0.538. The van der Waals surface area contributed by atoms with Gasteiger partial charge in [-0.05, 0) is 42.9 Å². The Balaban J connectivity index is 2.48. The van der Waals surface area contributed by atoms with Crippen LogP contribution in [0.25, 0.3) is 0 Å². The minimum atomic E-state index is 0.228. The maximum Gasteiger partial charge on any atom is 0.0452 e. The van der Waals surface area contributed by atoms with E-state index in [2.05, 4.69) is 13.8 Å². The van der Waals surface area contributed by atoms with Crippen LogP contribution in [0.2, 0.25) is 10.0 Å². The molecule has 0 aliphatic heterocycles. The highest BCUT2D eigenvalue weighted by atomic mass is 35.5. The molecule has 1 unspecified atom stereocenters. The molecule has 0 heterocycles. The van der Waals surface area contributed by atoms with Crippen LogP contribution in [0.15, 0.2) is 18.2 Å². The van der Waals surface area contributed by atoms with Crippen LogP contribution >= 0.6 is 34.8 Å². The molecule has 16 heavy (non-hydrogen) atoms. The molecule has 0 N–H and O–H groups in total. The molecule has 0 saturated carbocycles. The fourth-order valence-electron chi connectivity index (χ4n) is 1.67. The van der Waals surface area contributed by atoms with E-state index >= 15 is 0 Å². The molecule has 0 aliphatic carbocycles. The minimum absolute atomic E-state index is 0.228. The molecule has 0 radical (unpaired) electrons. The highest BCUT2D eigenvalue weighted by molar-refractivity contribution is 6.35. The number of hydrogen-bond acceptors (Lipinski definition) is 0. The molecule has 0 bridgehead atoms. The molecule has 0 aromatic heterocycles. The van der Waals surface area contributed by atoms with E-state index in [4.69, 9.17) is 34.8 Å². The first kappa shape index (κ1) is 14.2. The largest absolute Gasteiger partial charge is 0.123 e. The third-order valence-electron chi connectivity index (χ3n) is 2.47. The van der Waals surface area contributed by atoms with Gasteiger partial charge in [-0.3, -0.25) is 0 Å². The van der Waals surface area contributed by atoms with Crippen LogP contribution in [0.3, 0.4) is 0 Å². The molecule has 0 fully saturated rings. The Kier molecular flexibility index (Phi) is 5.96. The standard InChI is InChI=1S/C13H17Cl3/c1-9(2)7-11(14)5-3-10-4-6-12(15)8-13(10)16/h4,6,8-9,11H,3,5,7H2,1-2H3. The number of alkyl halides is 1. The van der Waals surface area contributed by atoms with Gasteiger partial charge < -0.3 is 0 Å². The van der Waals surface area contributed by atoms with Gasteiger partial charge in [-0.1, -0.05) is 43.1 Å². The predicted octanol–water partition coefficient (Wildman–Crippen LogP) is 5.58. The van der Waals surface area contributed by atoms with Crippen molar-refractivity contribution in [2.75, 3.05) is 0 Å². The lowest BCUT2D eigenvalue weighted by molar-refractivity contribution is 0.544. The van der Waals surface area contributed by atoms with E-state index in [1.807, 2.05) is 12.1 Å². The second-order valence-electron chi connectivity index (χ2n) is 4.50. The summed E-state index contributed by atoms with van der Waals surface area (Å²) < 4.78 is 0. The summed E-state index contributed by atoms with van der Waals surface area (Å²) in [5.41, 5.74) is 1.13. The number of aryl methyl sites for hydroxylation is 1. The summed E-state index contributed by atoms with van der Waals surface area (Å²) in [5, 5.41) is 1.64. The smallest absolute Gasteiger partial charge is 0.0452 e. The van der Waals surface area contributed by atoms with Crippen molar-refractivity contribution in [1.82, 2.24) is 0 Å². The van der Waals surface area contributed by atoms with Crippen LogP contribution in [-0.4, -0.2) is 5.38 Å². The third-order valence-corrected chi connectivity index (χ3v) is 3.45. The Morgan fingerprint density at radius 3 is 2.44 bits per heavy atom. The number of halogens is 3. The molecule has 0 saturated heterocycles. The van der Waals surface area contributed by atoms with Gasteiger partial charge in [0.05, 0.1) is 0 Å². The second kappa shape index (κ2) is 6.74. The Morgan fingerprint density at radius 2 is 1.88 bits per heavy atom. The molecule has 90 valence electrons. The first-order valence-electron chi connectivity index (χ1n) is 5.57. The van der Waals surface area contributed by atoms with Gasteiger partial charge in [0.15, 0.2) is 0 Å². The second-order valence-corrected chi connectivity index (χ2v) is 5.96. The molecule has 1 atom stereocenters. The van der Waals surface area contributed by atoms with E-state index < -0.39 is 0 Å². The van der Waals surface area contributed by atoms with Crippen LogP contribution in [0, 0.1) is 5.92 Å². The summed E-state index contributed by atoms with van der Waals surface area (Å²) in [5.74, 6) is 0.642. The maximum atomic E-state index is 6.24. The molecular weight excluding hydrogens is 263 g/mol. The van der Waals surface area contributed by atoms with Gasteiger partial charge in [-0.25, -0.2) is 0 Å². The first-order chi connectivity index (χ1) is 7.49. The Bertz CT molecular complexity index is 334. The quantitative estimate of drug-likeness (QED) is 0.617. The van der Waals surface area contributed by atoms with Gasteiger partial charge in [0, 0.05) is 15.4 Å². The summed E-state index contributed by atoms with van der Waals surface area (Å²) in [6, 6.07) is 5.63. The van der Waals surface area contributed by atoms with E-state index in [0.717, 1.165) is 29.8 Å². The summed E-state index contributed by atoms with van der Waals surface area (Å²) in [7, 11) is 0. The van der Waals surface area contributed by atoms with Gasteiger partial charge in [0.1, 0.15) is 0 Å². The zero-order chi connectivity index (χ0) is 12.1. The van der Waals surface area contributed by atoms with Crippen molar-refractivity contribution in [3.05, 3.63) is 33.8 Å². The minimum Gasteiger partial charge on any atom is -0.123 e. The molecule has 1 aromatic carbocycles. The molecule has 0 amide bonds. The lowest BCUT2D eigenvalue weighted by Crippen LogP contribution is -2.05. The van der Waals surface area contributed by atoms with Crippen molar-refractivity contribution < 1.29 is 0 Å². The van der Waals surface area contributed by atoms with Crippen molar-refractivity contribution in [2.24, 2.45) is 5.92 Å². The fourth-order valence-corrected chi connectivity index (χ4v) is 2.63. The summed E-state index contributed by atoms with van der Waals surface area (Å²) in [4.78, 5) is 0. The number of hydrogen-bond donors (Lipinski definition) is 0. The Morgan fingerprint density at radius 1 is 1.19 bits per heavy atom. The molecule has 3 heteroatoms. The lowest BCUT2D eigenvalue weighted by atomic mass is 10.0. The van der Waals surface area contributed by atoms with Crippen molar-refractivity contribution >= 4 is 34.8 Å². The van der Waals surface area contributed by atoms with Crippen LogP contribution in [0.4, 0.5) is 0 Å². The van der Waals surface area contributed by atoms with Crippen molar-refractivity contribution in [3.8, 4) is 0 Å². The topological polar surface area (TPSA) is 0 Å². The van der Waals surface area contributed by atoms with Gasteiger partial charge in [0.25, 0.3) is 0 Å². The number of rotatable bonds is 5. The Labute approximate surface area is 113 Å². The van der Waals surface area contributed by atoms with Crippen LogP contribution < -0.4 is 0 Å². The third kappa shape index (κ3) is 4.95. The molecular formula is C13H17Cl3. The average Bonchev–Trinajstić information content (AvgIpc) is 2.15. The highest BCUT2D eigenvalue weighted by Gasteiger charge is 2.09. The van der Waals surface area contributed by atoms with Gasteiger partial charge in [0.2, 0.25) is 0 Å². The normalized spacial score (nSPS) is 13.1. The van der Waals surface area contributed by atoms with Gasteiger partial charge in [-0.2, -0.15) is 0 Å². The monoisotopic (exact) mass is 278 g/mol. The predicted molar refractivity (Wildman–Crippen MR) is 73.9 cm³/mol. The van der Waals surface area contributed by atoms with Crippen molar-refractivity contribution in [3.63, 3.8) is 0 Å². The molecule has 0 aliphatic rings. The SMILES string of the molecule is CC(C)CC(Cl)CCc1ccc(Cl)cc1Cl. The first-order valence-corrected chi connectivity index (χ1v) is 6.76. The van der Waals surface area contributed by atoms with Crippen molar-refractivity contribution in [1.29, 1.82) is 0 Å². The average molecular weight is 280 g/mol. The maximum absolute atomic E-state index is 6.24. The van der Waals surface area contributed by atoms with E-state index in [1.54, 1.807) is 6.07 Å². The molecule has 1 rings (SSSR count). The molecule has 0 spiro atoms. The van der Waals surface area contributed by atoms with E-state index in [1.165, 1.54) is 0 Å². The molecule has 1 aromatic rings. The van der Waals surface area contributed by atoms with E-state index in [9.17, 15) is 0 Å². The van der Waals surface area contributed by atoms with Crippen molar-refractivity contribution in [2.45, 2.75) is 38.5 Å². The summed E-state index contributed by atoms with van der Waals surface area (Å²) in [6.07, 6.45) is 2.92. The summed E-state index contributed by atoms with van der Waals surface area (Å²) >= 11 is 18.2. The number of benzene rings is 1. The highest BCUT2D eigenvalue weighted by Crippen LogP contribution is 2.24. The zero-order valence-corrected chi connectivity index (χ0v) is 11.9. The van der Waals surface area contributed by atoms with Gasteiger partial charge >= 0.3 is 0 Å². The molecule has 0 nitrogen and oxygen atoms in total. The van der Waals surface area contributed by atoms with Crippen LogP contribution in [0.1, 0.15) is 32.3 Å².